The molecule has 1 saturated heterocycles. The van der Waals surface area contributed by atoms with Gasteiger partial charge in [-0.15, -0.1) is 0 Å². The maximum Gasteiger partial charge on any atom is 0.159 e. The summed E-state index contributed by atoms with van der Waals surface area (Å²) in [5.74, 6) is 0.477. The predicted octanol–water partition coefficient (Wildman–Crippen LogP) is 3.34. The van der Waals surface area contributed by atoms with Gasteiger partial charge in [-0.1, -0.05) is 18.9 Å². The largest absolute Gasteiger partial charge is 0.382 e. The van der Waals surface area contributed by atoms with Crippen molar-refractivity contribution in [3.05, 3.63) is 23.8 Å². The smallest absolute Gasteiger partial charge is 0.159 e. The van der Waals surface area contributed by atoms with Gasteiger partial charge < -0.3 is 25.4 Å². The molecule has 0 spiro atoms. The monoisotopic (exact) mass is 347 g/mol. The van der Waals surface area contributed by atoms with E-state index in [1.54, 1.807) is 14.2 Å². The Morgan fingerprint density at radius 3 is 2.40 bits per heavy atom. The lowest BCUT2D eigenvalue weighted by Gasteiger charge is -2.36. The molecule has 1 aromatic carbocycles. The molecule has 1 aliphatic heterocycles. The van der Waals surface area contributed by atoms with Gasteiger partial charge in [-0.3, -0.25) is 0 Å². The molecular formula is C20H33N3O2. The van der Waals surface area contributed by atoms with Crippen LogP contribution < -0.4 is 16.0 Å². The molecule has 1 aliphatic carbocycles. The summed E-state index contributed by atoms with van der Waals surface area (Å²) in [4.78, 5) is 2.47. The number of ether oxygens (including phenoxy) is 2. The highest BCUT2D eigenvalue weighted by atomic mass is 16.7. The number of nitrogens with two attached hydrogens (primary N) is 1. The van der Waals surface area contributed by atoms with Crippen molar-refractivity contribution in [3.8, 4) is 0 Å². The molecule has 0 unspecified atom stereocenters. The fraction of sp³-hybridized carbons (Fsp3) is 0.700. The van der Waals surface area contributed by atoms with E-state index in [0.717, 1.165) is 25.9 Å². The van der Waals surface area contributed by atoms with E-state index >= 15 is 0 Å². The van der Waals surface area contributed by atoms with Crippen LogP contribution in [0.2, 0.25) is 0 Å². The van der Waals surface area contributed by atoms with Crippen LogP contribution in [0.1, 0.15) is 44.1 Å². The zero-order chi connectivity index (χ0) is 17.6. The van der Waals surface area contributed by atoms with Crippen LogP contribution in [0.15, 0.2) is 18.2 Å². The van der Waals surface area contributed by atoms with Gasteiger partial charge in [0.05, 0.1) is 0 Å². The topological polar surface area (TPSA) is 59.8 Å². The molecule has 0 radical (unpaired) electrons. The standard InChI is InChI=1S/C20H33N3O2/c1-24-20(25-2)15-9-11-23(12-10-15)18-8-7-16(14-21)19(13-18)22-17-5-3-4-6-17/h7-8,13,15,17,20,22H,3-6,9-12,14,21H2,1-2H3. The van der Waals surface area contributed by atoms with Crippen molar-refractivity contribution in [1.82, 2.24) is 0 Å². The van der Waals surface area contributed by atoms with E-state index in [0.29, 0.717) is 18.5 Å². The van der Waals surface area contributed by atoms with E-state index in [9.17, 15) is 0 Å². The maximum atomic E-state index is 5.95. The molecule has 5 heteroatoms. The Hall–Kier alpha value is -1.30. The molecule has 5 nitrogen and oxygen atoms in total. The molecule has 2 fully saturated rings. The van der Waals surface area contributed by atoms with Gasteiger partial charge in [0.25, 0.3) is 0 Å². The highest BCUT2D eigenvalue weighted by molar-refractivity contribution is 5.63. The van der Waals surface area contributed by atoms with Crippen molar-refractivity contribution in [2.45, 2.75) is 57.4 Å². The predicted molar refractivity (Wildman–Crippen MR) is 103 cm³/mol. The third kappa shape index (κ3) is 4.46. The van der Waals surface area contributed by atoms with Crippen molar-refractivity contribution < 1.29 is 9.47 Å². The summed E-state index contributed by atoms with van der Waals surface area (Å²) in [5.41, 5.74) is 9.68. The van der Waals surface area contributed by atoms with Gasteiger partial charge in [0.15, 0.2) is 6.29 Å². The molecule has 140 valence electrons. The Balaban J connectivity index is 1.66. The van der Waals surface area contributed by atoms with Gasteiger partial charge in [-0.05, 0) is 43.4 Å². The van der Waals surface area contributed by atoms with Gasteiger partial charge >= 0.3 is 0 Å². The second-order valence-electron chi connectivity index (χ2n) is 7.34. The molecule has 1 saturated carbocycles. The Morgan fingerprint density at radius 2 is 1.80 bits per heavy atom. The minimum absolute atomic E-state index is 0.0821. The van der Waals surface area contributed by atoms with Gasteiger partial charge in [0.2, 0.25) is 0 Å². The van der Waals surface area contributed by atoms with Crippen molar-refractivity contribution >= 4 is 11.4 Å². The number of hydrogen-bond donors (Lipinski definition) is 2. The summed E-state index contributed by atoms with van der Waals surface area (Å²) in [5, 5.41) is 3.74. The van der Waals surface area contributed by atoms with Crippen LogP contribution in [0, 0.1) is 5.92 Å². The van der Waals surface area contributed by atoms with E-state index in [1.807, 2.05) is 0 Å². The maximum absolute atomic E-state index is 5.95. The Labute approximate surface area is 151 Å². The molecule has 0 aromatic heterocycles. The number of nitrogens with zero attached hydrogens (tertiary/aromatic N) is 1. The molecule has 2 aliphatic rings. The van der Waals surface area contributed by atoms with Crippen LogP contribution in [0.3, 0.4) is 0 Å². The number of nitrogens with one attached hydrogen (secondary N) is 1. The Morgan fingerprint density at radius 1 is 1.12 bits per heavy atom. The molecule has 3 N–H and O–H groups in total. The van der Waals surface area contributed by atoms with Crippen molar-refractivity contribution in [2.75, 3.05) is 37.5 Å². The minimum atomic E-state index is -0.0821. The number of methoxy groups -OCH3 is 2. The summed E-state index contributed by atoms with van der Waals surface area (Å²) in [6.07, 6.45) is 7.32. The first-order chi connectivity index (χ1) is 12.2. The highest BCUT2D eigenvalue weighted by Gasteiger charge is 2.27. The van der Waals surface area contributed by atoms with Crippen molar-refractivity contribution in [3.63, 3.8) is 0 Å². The lowest BCUT2D eigenvalue weighted by molar-refractivity contribution is -0.141. The van der Waals surface area contributed by atoms with Crippen LogP contribution >= 0.6 is 0 Å². The molecule has 1 aromatic rings. The highest BCUT2D eigenvalue weighted by Crippen LogP contribution is 2.31. The fourth-order valence-corrected chi connectivity index (χ4v) is 4.27. The molecule has 1 heterocycles. The molecule has 0 atom stereocenters. The summed E-state index contributed by atoms with van der Waals surface area (Å²) >= 11 is 0. The molecular weight excluding hydrogens is 314 g/mol. The first-order valence-corrected chi connectivity index (χ1v) is 9.65. The minimum Gasteiger partial charge on any atom is -0.382 e. The number of benzene rings is 1. The van der Waals surface area contributed by atoms with Crippen LogP contribution in [-0.2, 0) is 16.0 Å². The van der Waals surface area contributed by atoms with Crippen LogP contribution in [-0.4, -0.2) is 39.6 Å². The Bertz CT molecular complexity index is 534. The Kier molecular flexibility index (Phi) is 6.57. The number of piperidine rings is 1. The average molecular weight is 348 g/mol. The van der Waals surface area contributed by atoms with Crippen molar-refractivity contribution in [2.24, 2.45) is 11.7 Å². The van der Waals surface area contributed by atoms with E-state index in [1.165, 1.54) is 42.6 Å². The first kappa shape index (κ1) is 18.5. The van der Waals surface area contributed by atoms with Gasteiger partial charge in [-0.25, -0.2) is 0 Å². The third-order valence-corrected chi connectivity index (χ3v) is 5.78. The fourth-order valence-electron chi connectivity index (χ4n) is 4.27. The molecule has 0 amide bonds. The average Bonchev–Trinajstić information content (AvgIpc) is 3.16. The first-order valence-electron chi connectivity index (χ1n) is 9.65. The second kappa shape index (κ2) is 8.88. The summed E-state index contributed by atoms with van der Waals surface area (Å²) in [6, 6.07) is 7.30. The quantitative estimate of drug-likeness (QED) is 0.741. The van der Waals surface area contributed by atoms with Gasteiger partial charge in [0, 0.05) is 57.2 Å². The number of rotatable bonds is 7. The van der Waals surface area contributed by atoms with E-state index in [-0.39, 0.29) is 6.29 Å². The van der Waals surface area contributed by atoms with Gasteiger partial charge in [-0.2, -0.15) is 0 Å². The van der Waals surface area contributed by atoms with Crippen LogP contribution in [0.4, 0.5) is 11.4 Å². The van der Waals surface area contributed by atoms with Crippen LogP contribution in [0.25, 0.3) is 0 Å². The number of anilines is 2. The van der Waals surface area contributed by atoms with Crippen molar-refractivity contribution in [1.29, 1.82) is 0 Å². The zero-order valence-corrected chi connectivity index (χ0v) is 15.7. The number of hydrogen-bond acceptors (Lipinski definition) is 5. The second-order valence-corrected chi connectivity index (χ2v) is 7.34. The molecule has 0 bridgehead atoms. The lowest BCUT2D eigenvalue weighted by atomic mass is 9.95. The molecule has 25 heavy (non-hydrogen) atoms. The molecule has 3 rings (SSSR count). The van der Waals surface area contributed by atoms with Crippen LogP contribution in [0.5, 0.6) is 0 Å². The third-order valence-electron chi connectivity index (χ3n) is 5.78. The van der Waals surface area contributed by atoms with E-state index < -0.39 is 0 Å². The van der Waals surface area contributed by atoms with E-state index in [2.05, 4.69) is 28.4 Å². The SMILES string of the molecule is COC(OC)C1CCN(c2ccc(CN)c(NC3CCCC3)c2)CC1. The van der Waals surface area contributed by atoms with Gasteiger partial charge in [0.1, 0.15) is 0 Å². The zero-order valence-electron chi connectivity index (χ0n) is 15.7. The van der Waals surface area contributed by atoms with E-state index in [4.69, 9.17) is 15.2 Å². The normalized spacial score (nSPS) is 19.8. The lowest BCUT2D eigenvalue weighted by Crippen LogP contribution is -2.39. The summed E-state index contributed by atoms with van der Waals surface area (Å²) in [7, 11) is 3.46. The summed E-state index contributed by atoms with van der Waals surface area (Å²) in [6.45, 7) is 2.66. The summed E-state index contributed by atoms with van der Waals surface area (Å²) < 4.78 is 10.9.